The van der Waals surface area contributed by atoms with E-state index in [4.69, 9.17) is 15.2 Å². The molecule has 1 aromatic rings. The molecule has 0 aliphatic carbocycles. The molecule has 0 amide bonds. The fourth-order valence-electron chi connectivity index (χ4n) is 1.09. The predicted octanol–water partition coefficient (Wildman–Crippen LogP) is 1.68. The standard InChI is InChI=1S/C12H19NO2/c1-11(9-13)10-14-7-8-15-12-5-3-2-4-6-12/h2-6,11H,7-10,13H2,1H3. The van der Waals surface area contributed by atoms with Crippen molar-refractivity contribution in [3.05, 3.63) is 30.3 Å². The summed E-state index contributed by atoms with van der Waals surface area (Å²) in [4.78, 5) is 0. The molecule has 0 spiro atoms. The molecule has 1 atom stereocenters. The van der Waals surface area contributed by atoms with Gasteiger partial charge in [-0.25, -0.2) is 0 Å². The molecule has 0 bridgehead atoms. The maximum Gasteiger partial charge on any atom is 0.119 e. The summed E-state index contributed by atoms with van der Waals surface area (Å²) in [6.45, 7) is 4.63. The molecule has 1 unspecified atom stereocenters. The van der Waals surface area contributed by atoms with Gasteiger partial charge in [-0.2, -0.15) is 0 Å². The second kappa shape index (κ2) is 7.26. The molecule has 15 heavy (non-hydrogen) atoms. The molecule has 3 heteroatoms. The van der Waals surface area contributed by atoms with E-state index in [1.165, 1.54) is 0 Å². The van der Waals surface area contributed by atoms with E-state index in [0.29, 0.717) is 32.3 Å². The van der Waals surface area contributed by atoms with Crippen molar-refractivity contribution in [3.8, 4) is 5.75 Å². The summed E-state index contributed by atoms with van der Waals surface area (Å²) in [6.07, 6.45) is 0. The normalized spacial score (nSPS) is 12.4. The Hall–Kier alpha value is -1.06. The number of para-hydroxylation sites is 1. The molecule has 84 valence electrons. The smallest absolute Gasteiger partial charge is 0.119 e. The Morgan fingerprint density at radius 3 is 2.60 bits per heavy atom. The lowest BCUT2D eigenvalue weighted by Gasteiger charge is -2.10. The van der Waals surface area contributed by atoms with Crippen molar-refractivity contribution >= 4 is 0 Å². The maximum atomic E-state index is 5.47. The van der Waals surface area contributed by atoms with Crippen LogP contribution in [0.15, 0.2) is 30.3 Å². The van der Waals surface area contributed by atoms with Gasteiger partial charge in [-0.15, -0.1) is 0 Å². The van der Waals surface area contributed by atoms with Crippen molar-refractivity contribution in [2.45, 2.75) is 6.92 Å². The average Bonchev–Trinajstić information content (AvgIpc) is 2.29. The van der Waals surface area contributed by atoms with Crippen molar-refractivity contribution in [3.63, 3.8) is 0 Å². The molecule has 0 radical (unpaired) electrons. The summed E-state index contributed by atoms with van der Waals surface area (Å²) < 4.78 is 10.9. The molecule has 0 aliphatic rings. The van der Waals surface area contributed by atoms with E-state index in [1.807, 2.05) is 30.3 Å². The Morgan fingerprint density at radius 2 is 1.93 bits per heavy atom. The van der Waals surface area contributed by atoms with Crippen LogP contribution in [-0.4, -0.2) is 26.4 Å². The molecule has 0 saturated heterocycles. The van der Waals surface area contributed by atoms with E-state index in [0.717, 1.165) is 5.75 Å². The van der Waals surface area contributed by atoms with Gasteiger partial charge in [-0.3, -0.25) is 0 Å². The summed E-state index contributed by atoms with van der Waals surface area (Å²) in [5.41, 5.74) is 5.47. The van der Waals surface area contributed by atoms with Crippen LogP contribution in [-0.2, 0) is 4.74 Å². The van der Waals surface area contributed by atoms with Crippen LogP contribution < -0.4 is 10.5 Å². The number of ether oxygens (including phenoxy) is 2. The minimum absolute atomic E-state index is 0.418. The van der Waals surface area contributed by atoms with Gasteiger partial charge < -0.3 is 15.2 Å². The molecule has 0 aliphatic heterocycles. The zero-order valence-electron chi connectivity index (χ0n) is 9.19. The van der Waals surface area contributed by atoms with Gasteiger partial charge in [-0.05, 0) is 24.6 Å². The summed E-state index contributed by atoms with van der Waals surface area (Å²) >= 11 is 0. The lowest BCUT2D eigenvalue weighted by Crippen LogP contribution is -2.18. The van der Waals surface area contributed by atoms with Crippen LogP contribution in [0, 0.1) is 5.92 Å². The maximum absolute atomic E-state index is 5.47. The molecular formula is C12H19NO2. The highest BCUT2D eigenvalue weighted by atomic mass is 16.5. The molecule has 0 fully saturated rings. The van der Waals surface area contributed by atoms with Crippen molar-refractivity contribution in [2.24, 2.45) is 11.7 Å². The van der Waals surface area contributed by atoms with Gasteiger partial charge >= 0.3 is 0 Å². The fourth-order valence-corrected chi connectivity index (χ4v) is 1.09. The van der Waals surface area contributed by atoms with E-state index < -0.39 is 0 Å². The van der Waals surface area contributed by atoms with Gasteiger partial charge in [0.25, 0.3) is 0 Å². The number of benzene rings is 1. The van der Waals surface area contributed by atoms with Crippen LogP contribution in [0.4, 0.5) is 0 Å². The Bertz CT molecular complexity index is 251. The molecule has 2 N–H and O–H groups in total. The second-order valence-corrected chi connectivity index (χ2v) is 3.58. The zero-order chi connectivity index (χ0) is 10.9. The zero-order valence-corrected chi connectivity index (χ0v) is 9.19. The van der Waals surface area contributed by atoms with Crippen molar-refractivity contribution in [1.82, 2.24) is 0 Å². The average molecular weight is 209 g/mol. The molecule has 0 heterocycles. The van der Waals surface area contributed by atoms with Crippen molar-refractivity contribution in [2.75, 3.05) is 26.4 Å². The van der Waals surface area contributed by atoms with E-state index in [-0.39, 0.29) is 0 Å². The third-order valence-electron chi connectivity index (χ3n) is 2.04. The minimum atomic E-state index is 0.418. The van der Waals surface area contributed by atoms with Crippen LogP contribution in [0.5, 0.6) is 5.75 Å². The lowest BCUT2D eigenvalue weighted by molar-refractivity contribution is 0.0798. The monoisotopic (exact) mass is 209 g/mol. The first-order chi connectivity index (χ1) is 7.33. The van der Waals surface area contributed by atoms with Crippen LogP contribution in [0.25, 0.3) is 0 Å². The SMILES string of the molecule is CC(CN)COCCOc1ccccc1. The Kier molecular flexibility index (Phi) is 5.81. The van der Waals surface area contributed by atoms with Gasteiger partial charge in [0.1, 0.15) is 12.4 Å². The largest absolute Gasteiger partial charge is 0.491 e. The topological polar surface area (TPSA) is 44.5 Å². The van der Waals surface area contributed by atoms with Gasteiger partial charge in [-0.1, -0.05) is 25.1 Å². The highest BCUT2D eigenvalue weighted by Gasteiger charge is 1.98. The third kappa shape index (κ3) is 5.40. The van der Waals surface area contributed by atoms with Gasteiger partial charge in [0, 0.05) is 0 Å². The first-order valence-corrected chi connectivity index (χ1v) is 5.28. The quantitative estimate of drug-likeness (QED) is 0.695. The van der Waals surface area contributed by atoms with Gasteiger partial charge in [0.15, 0.2) is 0 Å². The molecule has 0 saturated carbocycles. The summed E-state index contributed by atoms with van der Waals surface area (Å²) in [7, 11) is 0. The Labute approximate surface area is 91.2 Å². The molecule has 1 rings (SSSR count). The van der Waals surface area contributed by atoms with Crippen molar-refractivity contribution < 1.29 is 9.47 Å². The molecule has 1 aromatic carbocycles. The van der Waals surface area contributed by atoms with E-state index in [9.17, 15) is 0 Å². The first-order valence-electron chi connectivity index (χ1n) is 5.28. The first kappa shape index (κ1) is 12.0. The Morgan fingerprint density at radius 1 is 1.20 bits per heavy atom. The van der Waals surface area contributed by atoms with Crippen molar-refractivity contribution in [1.29, 1.82) is 0 Å². The third-order valence-corrected chi connectivity index (χ3v) is 2.04. The van der Waals surface area contributed by atoms with E-state index >= 15 is 0 Å². The minimum Gasteiger partial charge on any atom is -0.491 e. The highest BCUT2D eigenvalue weighted by Crippen LogP contribution is 2.07. The molecule has 0 aromatic heterocycles. The molecular weight excluding hydrogens is 190 g/mol. The molecule has 3 nitrogen and oxygen atoms in total. The summed E-state index contributed by atoms with van der Waals surface area (Å²) in [6, 6.07) is 9.73. The Balaban J connectivity index is 2.03. The number of rotatable bonds is 7. The van der Waals surface area contributed by atoms with Crippen LogP contribution in [0.2, 0.25) is 0 Å². The number of nitrogens with two attached hydrogens (primary N) is 1. The van der Waals surface area contributed by atoms with Crippen LogP contribution in [0.1, 0.15) is 6.92 Å². The predicted molar refractivity (Wildman–Crippen MR) is 61.0 cm³/mol. The van der Waals surface area contributed by atoms with E-state index in [2.05, 4.69) is 6.92 Å². The summed E-state index contributed by atoms with van der Waals surface area (Å²) in [5.74, 6) is 1.30. The van der Waals surface area contributed by atoms with Crippen LogP contribution >= 0.6 is 0 Å². The second-order valence-electron chi connectivity index (χ2n) is 3.58. The van der Waals surface area contributed by atoms with Gasteiger partial charge in [0.05, 0.1) is 13.2 Å². The number of hydrogen-bond donors (Lipinski definition) is 1. The van der Waals surface area contributed by atoms with Crippen LogP contribution in [0.3, 0.4) is 0 Å². The summed E-state index contributed by atoms with van der Waals surface area (Å²) in [5, 5.41) is 0. The van der Waals surface area contributed by atoms with E-state index in [1.54, 1.807) is 0 Å². The number of hydrogen-bond acceptors (Lipinski definition) is 3. The van der Waals surface area contributed by atoms with Gasteiger partial charge in [0.2, 0.25) is 0 Å². The fraction of sp³-hybridized carbons (Fsp3) is 0.500. The lowest BCUT2D eigenvalue weighted by atomic mass is 10.2. The highest BCUT2D eigenvalue weighted by molar-refractivity contribution is 5.20.